The molecule has 1 amide bonds. The van der Waals surface area contributed by atoms with Crippen LogP contribution in [0.15, 0.2) is 24.3 Å². The highest BCUT2D eigenvalue weighted by Gasteiger charge is 2.19. The van der Waals surface area contributed by atoms with Crippen LogP contribution in [0.2, 0.25) is 0 Å². The molecule has 1 N–H and O–H groups in total. The number of thiazole rings is 1. The van der Waals surface area contributed by atoms with E-state index in [1.807, 2.05) is 24.3 Å². The second-order valence-corrected chi connectivity index (χ2v) is 6.55. The third-order valence-corrected chi connectivity index (χ3v) is 3.99. The molecule has 0 aliphatic heterocycles. The normalized spacial score (nSPS) is 11.0. The molecule has 1 aromatic heterocycles. The van der Waals surface area contributed by atoms with E-state index in [1.54, 1.807) is 13.8 Å². The van der Waals surface area contributed by atoms with Gasteiger partial charge in [-0.05, 0) is 32.4 Å². The highest BCUT2D eigenvalue weighted by Crippen LogP contribution is 2.25. The van der Waals surface area contributed by atoms with E-state index in [1.165, 1.54) is 11.3 Å². The highest BCUT2D eigenvalue weighted by atomic mass is 32.1. The molecule has 0 saturated heterocycles. The van der Waals surface area contributed by atoms with Gasteiger partial charge in [0.05, 0.1) is 10.2 Å². The average Bonchev–Trinajstić information content (AvgIpc) is 2.88. The van der Waals surface area contributed by atoms with E-state index in [-0.39, 0.29) is 18.7 Å². The van der Waals surface area contributed by atoms with Crippen molar-refractivity contribution in [1.82, 2.24) is 4.98 Å². The van der Waals surface area contributed by atoms with E-state index >= 15 is 0 Å². The van der Waals surface area contributed by atoms with Crippen molar-refractivity contribution in [2.75, 3.05) is 5.32 Å². The second-order valence-electron chi connectivity index (χ2n) is 5.52. The number of para-hydroxylation sites is 1. The Morgan fingerprint density at radius 3 is 2.78 bits per heavy atom. The van der Waals surface area contributed by atoms with Gasteiger partial charge in [-0.15, -0.1) is 6.42 Å². The van der Waals surface area contributed by atoms with Gasteiger partial charge in [-0.2, -0.15) is 0 Å². The molecule has 0 aliphatic rings. The molecule has 1 heterocycles. The SMILES string of the molecule is C#CC(C)(C)OC(=O)CCCC(=O)Nc1nc2ccccc2s1. The first-order valence-electron chi connectivity index (χ1n) is 7.25. The van der Waals surface area contributed by atoms with Crippen LogP contribution in [-0.2, 0) is 14.3 Å². The van der Waals surface area contributed by atoms with Gasteiger partial charge in [0, 0.05) is 12.8 Å². The first kappa shape index (κ1) is 17.0. The fourth-order valence-electron chi connectivity index (χ4n) is 1.87. The van der Waals surface area contributed by atoms with E-state index in [4.69, 9.17) is 11.2 Å². The van der Waals surface area contributed by atoms with Crippen molar-refractivity contribution >= 4 is 38.6 Å². The number of terminal acetylenes is 1. The smallest absolute Gasteiger partial charge is 0.307 e. The summed E-state index contributed by atoms with van der Waals surface area (Å²) in [6.07, 6.45) is 6.03. The summed E-state index contributed by atoms with van der Waals surface area (Å²) < 4.78 is 6.13. The number of esters is 1. The van der Waals surface area contributed by atoms with Crippen LogP contribution in [0.4, 0.5) is 5.13 Å². The predicted octanol–water partition coefficient (Wildman–Crippen LogP) is 3.36. The van der Waals surface area contributed by atoms with Crippen molar-refractivity contribution in [3.63, 3.8) is 0 Å². The summed E-state index contributed by atoms with van der Waals surface area (Å²) in [4.78, 5) is 27.8. The lowest BCUT2D eigenvalue weighted by Gasteiger charge is -2.18. The van der Waals surface area contributed by atoms with Gasteiger partial charge in [0.1, 0.15) is 0 Å². The molecule has 2 aromatic rings. The molecule has 0 aliphatic carbocycles. The van der Waals surface area contributed by atoms with Gasteiger partial charge in [-0.25, -0.2) is 4.98 Å². The van der Waals surface area contributed by atoms with E-state index in [9.17, 15) is 9.59 Å². The van der Waals surface area contributed by atoms with Crippen molar-refractivity contribution in [2.45, 2.75) is 38.7 Å². The number of fused-ring (bicyclic) bond motifs is 1. The Bertz CT molecular complexity index is 726. The lowest BCUT2D eigenvalue weighted by atomic mass is 10.1. The quantitative estimate of drug-likeness (QED) is 0.651. The maximum Gasteiger partial charge on any atom is 0.307 e. The van der Waals surface area contributed by atoms with E-state index in [0.717, 1.165) is 10.2 Å². The van der Waals surface area contributed by atoms with Crippen LogP contribution >= 0.6 is 11.3 Å². The molecular formula is C17H18N2O3S. The Hall–Kier alpha value is -2.39. The fourth-order valence-corrected chi connectivity index (χ4v) is 2.75. The molecule has 0 bridgehead atoms. The number of aromatic nitrogens is 1. The predicted molar refractivity (Wildman–Crippen MR) is 91.1 cm³/mol. The van der Waals surface area contributed by atoms with Crippen molar-refractivity contribution in [3.05, 3.63) is 24.3 Å². The molecule has 0 unspecified atom stereocenters. The monoisotopic (exact) mass is 330 g/mol. The summed E-state index contributed by atoms with van der Waals surface area (Å²) in [5.74, 6) is 1.81. The largest absolute Gasteiger partial charge is 0.446 e. The van der Waals surface area contributed by atoms with Crippen LogP contribution in [0.1, 0.15) is 33.1 Å². The first-order valence-corrected chi connectivity index (χ1v) is 8.06. The lowest BCUT2D eigenvalue weighted by molar-refractivity contribution is -0.151. The topological polar surface area (TPSA) is 68.3 Å². The number of carbonyl (C=O) groups is 2. The van der Waals surface area contributed by atoms with Gasteiger partial charge in [-0.1, -0.05) is 29.4 Å². The molecular weight excluding hydrogens is 312 g/mol. The summed E-state index contributed by atoms with van der Waals surface area (Å²) in [6.45, 7) is 3.29. The van der Waals surface area contributed by atoms with Gasteiger partial charge >= 0.3 is 5.97 Å². The van der Waals surface area contributed by atoms with Gasteiger partial charge < -0.3 is 10.1 Å². The zero-order chi connectivity index (χ0) is 16.9. The molecule has 0 spiro atoms. The van der Waals surface area contributed by atoms with Crippen LogP contribution in [0, 0.1) is 12.3 Å². The summed E-state index contributed by atoms with van der Waals surface area (Å²) in [5.41, 5.74) is -0.0618. The molecule has 0 fully saturated rings. The molecule has 5 nitrogen and oxygen atoms in total. The Morgan fingerprint density at radius 1 is 1.35 bits per heavy atom. The number of benzene rings is 1. The number of hydrogen-bond donors (Lipinski definition) is 1. The van der Waals surface area contributed by atoms with Gasteiger partial charge in [0.15, 0.2) is 10.7 Å². The van der Waals surface area contributed by atoms with Crippen LogP contribution in [0.3, 0.4) is 0 Å². The Morgan fingerprint density at radius 2 is 2.09 bits per heavy atom. The minimum atomic E-state index is -0.916. The van der Waals surface area contributed by atoms with Crippen molar-refractivity contribution in [3.8, 4) is 12.3 Å². The third kappa shape index (κ3) is 5.08. The van der Waals surface area contributed by atoms with E-state index in [0.29, 0.717) is 11.6 Å². The summed E-state index contributed by atoms with van der Waals surface area (Å²) >= 11 is 1.42. The lowest BCUT2D eigenvalue weighted by Crippen LogP contribution is -2.26. The first-order chi connectivity index (χ1) is 10.9. The fraction of sp³-hybridized carbons (Fsp3) is 0.353. The molecule has 120 valence electrons. The Kier molecular flexibility index (Phi) is 5.35. The number of nitrogens with one attached hydrogen (secondary N) is 1. The van der Waals surface area contributed by atoms with Crippen molar-refractivity contribution in [2.24, 2.45) is 0 Å². The third-order valence-electron chi connectivity index (χ3n) is 3.04. The molecule has 23 heavy (non-hydrogen) atoms. The number of anilines is 1. The Labute approximate surface area is 139 Å². The number of ether oxygens (including phenoxy) is 1. The molecule has 1 aromatic carbocycles. The van der Waals surface area contributed by atoms with Gasteiger partial charge in [-0.3, -0.25) is 9.59 Å². The van der Waals surface area contributed by atoms with Crippen LogP contribution in [0.5, 0.6) is 0 Å². The van der Waals surface area contributed by atoms with E-state index < -0.39 is 11.6 Å². The molecule has 0 saturated carbocycles. The Balaban J connectivity index is 1.77. The summed E-state index contributed by atoms with van der Waals surface area (Å²) in [5, 5.41) is 3.31. The maximum absolute atomic E-state index is 11.9. The highest BCUT2D eigenvalue weighted by molar-refractivity contribution is 7.22. The molecule has 0 radical (unpaired) electrons. The zero-order valence-corrected chi connectivity index (χ0v) is 13.9. The number of rotatable bonds is 6. The zero-order valence-electron chi connectivity index (χ0n) is 13.1. The van der Waals surface area contributed by atoms with Crippen molar-refractivity contribution < 1.29 is 14.3 Å². The second kappa shape index (κ2) is 7.25. The number of amides is 1. The summed E-state index contributed by atoms with van der Waals surface area (Å²) in [6, 6.07) is 7.67. The average molecular weight is 330 g/mol. The number of nitrogens with zero attached hydrogens (tertiary/aromatic N) is 1. The van der Waals surface area contributed by atoms with Gasteiger partial charge in [0.2, 0.25) is 5.91 Å². The molecule has 2 rings (SSSR count). The van der Waals surface area contributed by atoms with Crippen LogP contribution < -0.4 is 5.32 Å². The van der Waals surface area contributed by atoms with E-state index in [2.05, 4.69) is 16.2 Å². The minimum absolute atomic E-state index is 0.151. The standard InChI is InChI=1S/C17H18N2O3S/c1-4-17(2,3)22-15(21)11-7-10-14(20)19-16-18-12-8-5-6-9-13(12)23-16/h1,5-6,8-9H,7,10-11H2,2-3H3,(H,18,19,20). The minimum Gasteiger partial charge on any atom is -0.446 e. The molecule has 6 heteroatoms. The summed E-state index contributed by atoms with van der Waals surface area (Å²) in [7, 11) is 0. The number of hydrogen-bond acceptors (Lipinski definition) is 5. The maximum atomic E-state index is 11.9. The van der Waals surface area contributed by atoms with Crippen LogP contribution in [0.25, 0.3) is 10.2 Å². The number of carbonyl (C=O) groups excluding carboxylic acids is 2. The van der Waals surface area contributed by atoms with Crippen LogP contribution in [-0.4, -0.2) is 22.5 Å². The molecule has 0 atom stereocenters. The van der Waals surface area contributed by atoms with Gasteiger partial charge in [0.25, 0.3) is 0 Å². The van der Waals surface area contributed by atoms with Crippen molar-refractivity contribution in [1.29, 1.82) is 0 Å².